The number of pyridine rings is 1. The van der Waals surface area contributed by atoms with Gasteiger partial charge in [-0.1, -0.05) is 30.3 Å². The van der Waals surface area contributed by atoms with Crippen LogP contribution >= 0.6 is 0 Å². The molecule has 222 valence electrons. The van der Waals surface area contributed by atoms with Gasteiger partial charge in [-0.15, -0.1) is 0 Å². The number of esters is 2. The molecule has 42 heavy (non-hydrogen) atoms. The molecule has 0 bridgehead atoms. The zero-order chi connectivity index (χ0) is 30.6. The number of aliphatic hydroxyl groups is 1. The van der Waals surface area contributed by atoms with Gasteiger partial charge in [-0.2, -0.15) is 0 Å². The summed E-state index contributed by atoms with van der Waals surface area (Å²) in [6, 6.07) is 11.6. The summed E-state index contributed by atoms with van der Waals surface area (Å²) in [5, 5.41) is 15.3. The third kappa shape index (κ3) is 6.82. The highest BCUT2D eigenvalue weighted by molar-refractivity contribution is 6.06. The normalized spacial score (nSPS) is 18.5. The highest BCUT2D eigenvalue weighted by Gasteiger charge is 2.57. The van der Waals surface area contributed by atoms with Crippen LogP contribution in [-0.2, 0) is 39.9 Å². The molecule has 12 heteroatoms. The third-order valence-corrected chi connectivity index (χ3v) is 6.96. The molecule has 3 heterocycles. The van der Waals surface area contributed by atoms with Crippen molar-refractivity contribution >= 4 is 41.1 Å². The number of fused-ring (bicyclic) bond motifs is 1. The van der Waals surface area contributed by atoms with Gasteiger partial charge in [0.1, 0.15) is 11.5 Å². The Hall–Kier alpha value is -4.58. The molecule has 3 amide bonds. The second kappa shape index (κ2) is 12.5. The quantitative estimate of drug-likeness (QED) is 0.217. The number of rotatable bonds is 10. The van der Waals surface area contributed by atoms with Gasteiger partial charge in [0.15, 0.2) is 0 Å². The van der Waals surface area contributed by atoms with Crippen molar-refractivity contribution in [3.05, 3.63) is 65.5 Å². The molecule has 1 fully saturated rings. The summed E-state index contributed by atoms with van der Waals surface area (Å²) in [5.41, 5.74) is 1.11. The van der Waals surface area contributed by atoms with E-state index < -0.39 is 48.1 Å². The number of anilines is 1. The van der Waals surface area contributed by atoms with Gasteiger partial charge in [0.25, 0.3) is 0 Å². The van der Waals surface area contributed by atoms with Crippen molar-refractivity contribution in [2.75, 3.05) is 18.7 Å². The summed E-state index contributed by atoms with van der Waals surface area (Å²) in [5.74, 6) is -2.79. The van der Waals surface area contributed by atoms with Gasteiger partial charge in [-0.05, 0) is 62.9 Å². The molecule has 3 atom stereocenters. The molecule has 12 nitrogen and oxygen atoms in total. The number of aromatic nitrogens is 1. The molecule has 3 N–H and O–H groups in total. The maximum atomic E-state index is 13.1. The Morgan fingerprint density at radius 3 is 2.40 bits per heavy atom. The Labute approximate surface area is 243 Å². The van der Waals surface area contributed by atoms with E-state index in [2.05, 4.69) is 15.6 Å². The lowest BCUT2D eigenvalue weighted by molar-refractivity contribution is -0.175. The summed E-state index contributed by atoms with van der Waals surface area (Å²) in [7, 11) is 0. The topological polar surface area (TPSA) is 164 Å². The first-order valence-electron chi connectivity index (χ1n) is 13.5. The second-order valence-electron chi connectivity index (χ2n) is 11.2. The van der Waals surface area contributed by atoms with Crippen LogP contribution in [0.5, 0.6) is 0 Å². The van der Waals surface area contributed by atoms with Crippen molar-refractivity contribution in [2.24, 2.45) is 11.3 Å². The Balaban J connectivity index is 1.42. The fourth-order valence-electron chi connectivity index (χ4n) is 4.81. The average molecular weight is 579 g/mol. The minimum Gasteiger partial charge on any atom is -0.427 e. The van der Waals surface area contributed by atoms with Crippen LogP contribution in [0.25, 0.3) is 5.57 Å². The SMILES string of the molecule is C[C@@H](O)[C@H]1C(=O)N2C(C(=O)OCOC(=O)C(C)(C)C)=C(c3ccc(CC(=O)NCC(=O)Nc4ccccn4)cc3)C[C@H]12. The van der Waals surface area contributed by atoms with Gasteiger partial charge < -0.3 is 30.1 Å². The molecule has 0 radical (unpaired) electrons. The van der Waals surface area contributed by atoms with Gasteiger partial charge in [0.05, 0.1) is 36.4 Å². The zero-order valence-electron chi connectivity index (χ0n) is 23.9. The van der Waals surface area contributed by atoms with Crippen LogP contribution in [0.4, 0.5) is 5.82 Å². The number of β-lactam (4-membered cyclic amide) rings is 1. The van der Waals surface area contributed by atoms with Gasteiger partial charge in [0, 0.05) is 6.20 Å². The van der Waals surface area contributed by atoms with E-state index in [9.17, 15) is 29.1 Å². The lowest BCUT2D eigenvalue weighted by Crippen LogP contribution is -2.61. The molecular weight excluding hydrogens is 544 g/mol. The first kappa shape index (κ1) is 30.4. The molecule has 1 aromatic carbocycles. The van der Waals surface area contributed by atoms with E-state index in [4.69, 9.17) is 9.47 Å². The van der Waals surface area contributed by atoms with E-state index in [1.54, 1.807) is 69.4 Å². The molecular formula is C30H34N4O8. The number of nitrogens with zero attached hydrogens (tertiary/aromatic N) is 2. The molecule has 2 aliphatic heterocycles. The Morgan fingerprint density at radius 1 is 1.07 bits per heavy atom. The van der Waals surface area contributed by atoms with Crippen molar-refractivity contribution in [1.82, 2.24) is 15.2 Å². The van der Waals surface area contributed by atoms with Crippen molar-refractivity contribution in [1.29, 1.82) is 0 Å². The number of ether oxygens (including phenoxy) is 2. The first-order valence-corrected chi connectivity index (χ1v) is 13.5. The van der Waals surface area contributed by atoms with Crippen molar-refractivity contribution in [2.45, 2.75) is 52.7 Å². The number of carbonyl (C=O) groups excluding carboxylic acids is 5. The maximum Gasteiger partial charge on any atom is 0.358 e. The predicted octanol–water partition coefficient (Wildman–Crippen LogP) is 1.79. The van der Waals surface area contributed by atoms with Gasteiger partial charge >= 0.3 is 11.9 Å². The van der Waals surface area contributed by atoms with Crippen LogP contribution in [0, 0.1) is 11.3 Å². The summed E-state index contributed by atoms with van der Waals surface area (Å²) >= 11 is 0. The molecule has 2 aromatic rings. The minimum absolute atomic E-state index is 0.0155. The number of hydrogen-bond acceptors (Lipinski definition) is 9. The largest absolute Gasteiger partial charge is 0.427 e. The van der Waals surface area contributed by atoms with Gasteiger partial charge in [-0.3, -0.25) is 19.2 Å². The van der Waals surface area contributed by atoms with Gasteiger partial charge in [0.2, 0.25) is 24.5 Å². The molecule has 1 aromatic heterocycles. The van der Waals surface area contributed by atoms with Crippen LogP contribution in [-0.4, -0.2) is 70.1 Å². The van der Waals surface area contributed by atoms with Crippen LogP contribution < -0.4 is 10.6 Å². The summed E-state index contributed by atoms with van der Waals surface area (Å²) in [6.45, 7) is 5.72. The van der Waals surface area contributed by atoms with Crippen molar-refractivity contribution in [3.63, 3.8) is 0 Å². The number of benzene rings is 1. The fourth-order valence-corrected chi connectivity index (χ4v) is 4.81. The third-order valence-electron chi connectivity index (χ3n) is 6.96. The van der Waals surface area contributed by atoms with Crippen LogP contribution in [0.3, 0.4) is 0 Å². The number of nitrogens with one attached hydrogen (secondary N) is 2. The van der Waals surface area contributed by atoms with Crippen molar-refractivity contribution < 1.29 is 38.6 Å². The summed E-state index contributed by atoms with van der Waals surface area (Å²) < 4.78 is 10.3. The molecule has 4 rings (SSSR count). The van der Waals surface area contributed by atoms with E-state index in [1.165, 1.54) is 11.8 Å². The molecule has 2 aliphatic rings. The molecule has 0 unspecified atom stereocenters. The molecule has 1 saturated heterocycles. The van der Waals surface area contributed by atoms with Gasteiger partial charge in [-0.25, -0.2) is 9.78 Å². The highest BCUT2D eigenvalue weighted by atomic mass is 16.7. The smallest absolute Gasteiger partial charge is 0.358 e. The monoisotopic (exact) mass is 578 g/mol. The Morgan fingerprint density at radius 2 is 1.79 bits per heavy atom. The molecule has 0 spiro atoms. The predicted molar refractivity (Wildman–Crippen MR) is 150 cm³/mol. The lowest BCUT2D eigenvalue weighted by atomic mass is 9.82. The number of hydrogen-bond donors (Lipinski definition) is 3. The van der Waals surface area contributed by atoms with Crippen LogP contribution in [0.15, 0.2) is 54.4 Å². The molecule has 0 saturated carbocycles. The van der Waals surface area contributed by atoms with E-state index in [0.29, 0.717) is 28.9 Å². The number of amides is 3. The number of aliphatic hydroxyl groups excluding tert-OH is 1. The number of carbonyl (C=O) groups is 5. The zero-order valence-corrected chi connectivity index (χ0v) is 23.9. The van der Waals surface area contributed by atoms with Crippen LogP contribution in [0.1, 0.15) is 45.2 Å². The second-order valence-corrected chi connectivity index (χ2v) is 11.2. The van der Waals surface area contributed by atoms with Crippen LogP contribution in [0.2, 0.25) is 0 Å². The Kier molecular flexibility index (Phi) is 9.05. The van der Waals surface area contributed by atoms with E-state index in [-0.39, 0.29) is 30.5 Å². The highest BCUT2D eigenvalue weighted by Crippen LogP contribution is 2.47. The average Bonchev–Trinajstić information content (AvgIpc) is 3.27. The minimum atomic E-state index is -0.893. The fraction of sp³-hybridized carbons (Fsp3) is 0.400. The van der Waals surface area contributed by atoms with Crippen molar-refractivity contribution in [3.8, 4) is 0 Å². The molecule has 0 aliphatic carbocycles. The Bertz CT molecular complexity index is 1400. The first-order chi connectivity index (χ1) is 19.9. The standard InChI is InChI=1S/C30H34N4O8/c1-17(35)25-21-14-20(26(34(21)27(25)38)28(39)41-16-42-29(40)30(2,3)4)19-10-8-18(9-11-19)13-23(36)32-15-24(37)33-22-7-5-6-12-31-22/h5-12,17,21,25,35H,13-16H2,1-4H3,(H,32,36)(H,31,33,37)/t17-,21-,25-/m1/s1. The summed E-state index contributed by atoms with van der Waals surface area (Å²) in [4.78, 5) is 67.8. The van der Waals surface area contributed by atoms with E-state index in [1.807, 2.05) is 0 Å². The van der Waals surface area contributed by atoms with E-state index in [0.717, 1.165) is 0 Å². The van der Waals surface area contributed by atoms with E-state index >= 15 is 0 Å². The summed E-state index contributed by atoms with van der Waals surface area (Å²) in [6.07, 6.45) is 0.983. The maximum absolute atomic E-state index is 13.1. The lowest BCUT2D eigenvalue weighted by Gasteiger charge is -2.44.